The average molecular weight is 544 g/mol. The minimum atomic E-state index is -0.209. The number of ether oxygens (including phenoxy) is 1. The summed E-state index contributed by atoms with van der Waals surface area (Å²) in [5.41, 5.74) is 7.90. The van der Waals surface area contributed by atoms with Crippen LogP contribution in [0.3, 0.4) is 0 Å². The van der Waals surface area contributed by atoms with Crippen molar-refractivity contribution in [2.75, 3.05) is 6.61 Å². The maximum atomic E-state index is 14.2. The van der Waals surface area contributed by atoms with Crippen LogP contribution in [0.2, 0.25) is 0 Å². The van der Waals surface area contributed by atoms with Crippen molar-refractivity contribution in [1.82, 2.24) is 9.13 Å². The zero-order valence-corrected chi connectivity index (χ0v) is 23.2. The molecule has 6 heteroatoms. The van der Waals surface area contributed by atoms with E-state index in [0.29, 0.717) is 17.7 Å². The van der Waals surface area contributed by atoms with Crippen LogP contribution in [0.15, 0.2) is 107 Å². The first-order chi connectivity index (χ1) is 19.7. The van der Waals surface area contributed by atoms with Gasteiger partial charge in [-0.2, -0.15) is 0 Å². The molecule has 0 saturated heterocycles. The van der Waals surface area contributed by atoms with Crippen LogP contribution in [0, 0.1) is 0 Å². The number of rotatable bonds is 6. The van der Waals surface area contributed by atoms with Gasteiger partial charge in [0.15, 0.2) is 4.80 Å². The summed E-state index contributed by atoms with van der Waals surface area (Å²) >= 11 is 1.47. The van der Waals surface area contributed by atoms with E-state index in [9.17, 15) is 4.79 Å². The molecule has 0 saturated carbocycles. The summed E-state index contributed by atoms with van der Waals surface area (Å²) in [6.45, 7) is 7.22. The maximum Gasteiger partial charge on any atom is 0.271 e. The Labute approximate surface area is 236 Å². The predicted octanol–water partition coefficient (Wildman–Crippen LogP) is 5.86. The van der Waals surface area contributed by atoms with E-state index in [-0.39, 0.29) is 11.6 Å². The fourth-order valence-corrected chi connectivity index (χ4v) is 7.05. The Balaban J connectivity index is 1.45. The normalized spacial score (nSPS) is 16.3. The first-order valence-corrected chi connectivity index (χ1v) is 14.5. The number of aryl methyl sites for hydroxylation is 1. The zero-order valence-electron chi connectivity index (χ0n) is 22.3. The van der Waals surface area contributed by atoms with Crippen molar-refractivity contribution < 1.29 is 4.74 Å². The number of nitrogens with zero attached hydrogens (tertiary/aromatic N) is 3. The number of benzene rings is 3. The molecular weight excluding hydrogens is 514 g/mol. The van der Waals surface area contributed by atoms with Crippen molar-refractivity contribution in [2.24, 2.45) is 4.99 Å². The highest BCUT2D eigenvalue weighted by Gasteiger charge is 2.32. The standard InChI is InChI=1S/C34H29N3O2S/c1-3-19-36-21-24(26-10-7-8-12-29(26)36)20-30-33(38)37-32(23-13-16-25(17-14-23)39-4-2)28-18-15-22-9-5-6-11-27(22)31(28)35-34(37)40-30/h3,5-14,16-17,20-21,32H,1,4,15,18-19H2,2H3/b30-20+. The zero-order chi connectivity index (χ0) is 27.2. The minimum Gasteiger partial charge on any atom is -0.494 e. The first-order valence-electron chi connectivity index (χ1n) is 13.7. The highest BCUT2D eigenvalue weighted by Crippen LogP contribution is 2.41. The van der Waals surface area contributed by atoms with Gasteiger partial charge in [0.05, 0.1) is 22.9 Å². The van der Waals surface area contributed by atoms with Gasteiger partial charge in [-0.15, -0.1) is 6.58 Å². The number of allylic oxidation sites excluding steroid dienone is 2. The van der Waals surface area contributed by atoms with Gasteiger partial charge in [0.2, 0.25) is 0 Å². The Kier molecular flexibility index (Phi) is 6.13. The van der Waals surface area contributed by atoms with E-state index < -0.39 is 0 Å². The van der Waals surface area contributed by atoms with Crippen LogP contribution >= 0.6 is 11.3 Å². The first kappa shape index (κ1) is 24.6. The van der Waals surface area contributed by atoms with E-state index in [1.165, 1.54) is 28.0 Å². The number of hydrogen-bond donors (Lipinski definition) is 0. The highest BCUT2D eigenvalue weighted by atomic mass is 32.1. The third-order valence-corrected chi connectivity index (χ3v) is 8.79. The molecule has 40 heavy (non-hydrogen) atoms. The highest BCUT2D eigenvalue weighted by molar-refractivity contribution is 7.07. The topological polar surface area (TPSA) is 48.5 Å². The fraction of sp³-hybridized carbons (Fsp3) is 0.176. The molecule has 3 aromatic carbocycles. The lowest BCUT2D eigenvalue weighted by Crippen LogP contribution is -2.38. The van der Waals surface area contributed by atoms with E-state index in [4.69, 9.17) is 9.73 Å². The van der Waals surface area contributed by atoms with Crippen molar-refractivity contribution in [1.29, 1.82) is 0 Å². The lowest BCUT2D eigenvalue weighted by Gasteiger charge is -2.30. The third-order valence-electron chi connectivity index (χ3n) is 7.81. The van der Waals surface area contributed by atoms with Gasteiger partial charge in [-0.3, -0.25) is 9.36 Å². The number of hydrogen-bond acceptors (Lipinski definition) is 4. The Morgan fingerprint density at radius 1 is 1.05 bits per heavy atom. The van der Waals surface area contributed by atoms with Crippen LogP contribution in [0.5, 0.6) is 5.75 Å². The molecule has 7 rings (SSSR count). The van der Waals surface area contributed by atoms with Crippen LogP contribution in [-0.2, 0) is 13.0 Å². The number of para-hydroxylation sites is 1. The quantitative estimate of drug-likeness (QED) is 0.252. The average Bonchev–Trinajstić information content (AvgIpc) is 3.49. The summed E-state index contributed by atoms with van der Waals surface area (Å²) in [7, 11) is 0. The maximum absolute atomic E-state index is 14.2. The lowest BCUT2D eigenvalue weighted by atomic mass is 9.83. The molecule has 0 bridgehead atoms. The summed E-state index contributed by atoms with van der Waals surface area (Å²) in [5.74, 6) is 0.831. The molecule has 0 fully saturated rings. The van der Waals surface area contributed by atoms with Crippen LogP contribution in [0.1, 0.15) is 41.6 Å². The molecule has 0 spiro atoms. The second-order valence-electron chi connectivity index (χ2n) is 10.2. The molecule has 3 heterocycles. The SMILES string of the molecule is C=CCn1cc(/C=c2/sc3n(c2=O)C(c2ccc(OCC)cc2)C2=C(N=3)c3ccccc3CC2)c2ccccc21. The number of thiazole rings is 1. The second kappa shape index (κ2) is 9.96. The van der Waals surface area contributed by atoms with Crippen molar-refractivity contribution in [3.8, 4) is 5.75 Å². The molecule has 1 unspecified atom stereocenters. The molecule has 0 radical (unpaired) electrons. The van der Waals surface area contributed by atoms with Crippen molar-refractivity contribution in [3.05, 3.63) is 139 Å². The van der Waals surface area contributed by atoms with E-state index >= 15 is 0 Å². The second-order valence-corrected chi connectivity index (χ2v) is 11.2. The Hall–Kier alpha value is -4.42. The smallest absolute Gasteiger partial charge is 0.271 e. The van der Waals surface area contributed by atoms with Crippen molar-refractivity contribution >= 4 is 34.0 Å². The Morgan fingerprint density at radius 2 is 1.85 bits per heavy atom. The van der Waals surface area contributed by atoms with Gasteiger partial charge in [0.1, 0.15) is 5.75 Å². The molecule has 1 aliphatic heterocycles. The van der Waals surface area contributed by atoms with E-state index in [2.05, 4.69) is 65.9 Å². The largest absolute Gasteiger partial charge is 0.494 e. The molecule has 0 N–H and O–H groups in total. The van der Waals surface area contributed by atoms with E-state index in [1.54, 1.807) is 0 Å². The summed E-state index contributed by atoms with van der Waals surface area (Å²) in [4.78, 5) is 20.1. The fourth-order valence-electron chi connectivity index (χ4n) is 6.06. The molecular formula is C34H29N3O2S. The van der Waals surface area contributed by atoms with Crippen molar-refractivity contribution in [3.63, 3.8) is 0 Å². The summed E-state index contributed by atoms with van der Waals surface area (Å²) < 4.78 is 10.5. The van der Waals surface area contributed by atoms with E-state index in [0.717, 1.165) is 51.1 Å². The minimum absolute atomic E-state index is 0.00593. The Morgan fingerprint density at radius 3 is 2.67 bits per heavy atom. The predicted molar refractivity (Wildman–Crippen MR) is 162 cm³/mol. The monoisotopic (exact) mass is 543 g/mol. The van der Waals surface area contributed by atoms with Crippen LogP contribution in [-0.4, -0.2) is 15.7 Å². The molecule has 1 atom stereocenters. The van der Waals surface area contributed by atoms with Gasteiger partial charge in [0.25, 0.3) is 5.56 Å². The van der Waals surface area contributed by atoms with E-state index in [1.807, 2.05) is 47.9 Å². The summed E-state index contributed by atoms with van der Waals surface area (Å²) in [5, 5.41) is 1.12. The molecule has 2 aromatic heterocycles. The number of aromatic nitrogens is 2. The van der Waals surface area contributed by atoms with Gasteiger partial charge in [0, 0.05) is 34.8 Å². The van der Waals surface area contributed by atoms with Gasteiger partial charge in [-0.1, -0.05) is 72.0 Å². The molecule has 0 amide bonds. The summed E-state index contributed by atoms with van der Waals surface area (Å²) in [6.07, 6.45) is 7.83. The third kappa shape index (κ3) is 3.98. The summed E-state index contributed by atoms with van der Waals surface area (Å²) in [6, 6.07) is 24.8. The molecule has 198 valence electrons. The van der Waals surface area contributed by atoms with Gasteiger partial charge in [-0.25, -0.2) is 4.99 Å². The molecule has 1 aliphatic carbocycles. The molecule has 2 aliphatic rings. The van der Waals surface area contributed by atoms with Crippen LogP contribution in [0.25, 0.3) is 22.7 Å². The van der Waals surface area contributed by atoms with Crippen LogP contribution in [0.4, 0.5) is 0 Å². The van der Waals surface area contributed by atoms with Gasteiger partial charge < -0.3 is 9.30 Å². The lowest BCUT2D eigenvalue weighted by molar-refractivity contribution is 0.340. The molecule has 5 aromatic rings. The van der Waals surface area contributed by atoms with Crippen LogP contribution < -0.4 is 19.6 Å². The van der Waals surface area contributed by atoms with Crippen molar-refractivity contribution in [2.45, 2.75) is 32.4 Å². The Bertz CT molecular complexity index is 1990. The van der Waals surface area contributed by atoms with Gasteiger partial charge in [-0.05, 0) is 60.7 Å². The molecule has 5 nitrogen and oxygen atoms in total. The van der Waals surface area contributed by atoms with Gasteiger partial charge >= 0.3 is 0 Å². The number of fused-ring (bicyclic) bond motifs is 4.